The maximum Gasteiger partial charge on any atom is 0.332 e. The number of ether oxygens (including phenoxy) is 2. The SMILES string of the molecule is CCn1c2c(c(=O)n(CC)c1=O)N(C)C(/C=C/c1ccc(OC)c(OC)c1)N2. The van der Waals surface area contributed by atoms with Crippen molar-refractivity contribution in [3.8, 4) is 11.5 Å². The largest absolute Gasteiger partial charge is 0.493 e. The average molecular weight is 386 g/mol. The van der Waals surface area contributed by atoms with E-state index in [1.165, 1.54) is 4.57 Å². The van der Waals surface area contributed by atoms with E-state index in [1.54, 1.807) is 25.7 Å². The number of fused-ring (bicyclic) bond motifs is 1. The van der Waals surface area contributed by atoms with Crippen molar-refractivity contribution in [2.75, 3.05) is 31.5 Å². The van der Waals surface area contributed by atoms with E-state index in [1.807, 2.05) is 49.2 Å². The van der Waals surface area contributed by atoms with Crippen molar-refractivity contribution in [3.05, 3.63) is 50.7 Å². The predicted octanol–water partition coefficient (Wildman–Crippen LogP) is 1.97. The fourth-order valence-electron chi connectivity index (χ4n) is 3.43. The Bertz CT molecular complexity index is 1020. The van der Waals surface area contributed by atoms with Crippen molar-refractivity contribution in [1.29, 1.82) is 0 Å². The Hall–Kier alpha value is -3.16. The zero-order valence-corrected chi connectivity index (χ0v) is 16.9. The van der Waals surface area contributed by atoms with Crippen LogP contribution in [-0.2, 0) is 13.1 Å². The van der Waals surface area contributed by atoms with Gasteiger partial charge in [-0.2, -0.15) is 0 Å². The Morgan fingerprint density at radius 3 is 2.36 bits per heavy atom. The van der Waals surface area contributed by atoms with Gasteiger partial charge in [-0.05, 0) is 37.6 Å². The van der Waals surface area contributed by atoms with Gasteiger partial charge in [0.1, 0.15) is 17.7 Å². The van der Waals surface area contributed by atoms with Crippen molar-refractivity contribution >= 4 is 17.6 Å². The van der Waals surface area contributed by atoms with Gasteiger partial charge in [0.25, 0.3) is 5.56 Å². The van der Waals surface area contributed by atoms with E-state index in [4.69, 9.17) is 9.47 Å². The molecule has 1 aromatic heterocycles. The maximum absolute atomic E-state index is 12.8. The first-order valence-corrected chi connectivity index (χ1v) is 9.24. The van der Waals surface area contributed by atoms with Crippen LogP contribution in [0, 0.1) is 0 Å². The lowest BCUT2D eigenvalue weighted by molar-refractivity contribution is 0.355. The fraction of sp³-hybridized carbons (Fsp3) is 0.400. The maximum atomic E-state index is 12.8. The summed E-state index contributed by atoms with van der Waals surface area (Å²) in [6, 6.07) is 5.64. The zero-order valence-electron chi connectivity index (χ0n) is 16.9. The van der Waals surface area contributed by atoms with Crippen molar-refractivity contribution in [3.63, 3.8) is 0 Å². The minimum Gasteiger partial charge on any atom is -0.493 e. The van der Waals surface area contributed by atoms with Crippen LogP contribution in [0.15, 0.2) is 33.9 Å². The molecule has 2 aromatic rings. The van der Waals surface area contributed by atoms with Crippen LogP contribution in [0.1, 0.15) is 19.4 Å². The second kappa shape index (κ2) is 7.84. The number of benzene rings is 1. The molecule has 3 rings (SSSR count). The van der Waals surface area contributed by atoms with Gasteiger partial charge in [0.15, 0.2) is 11.5 Å². The smallest absolute Gasteiger partial charge is 0.332 e. The molecule has 0 saturated heterocycles. The topological polar surface area (TPSA) is 77.7 Å². The van der Waals surface area contributed by atoms with Crippen molar-refractivity contribution in [2.45, 2.75) is 33.1 Å². The molecular weight excluding hydrogens is 360 g/mol. The number of anilines is 2. The fourth-order valence-corrected chi connectivity index (χ4v) is 3.43. The van der Waals surface area contributed by atoms with Crippen molar-refractivity contribution < 1.29 is 9.47 Å². The quantitative estimate of drug-likeness (QED) is 0.818. The summed E-state index contributed by atoms with van der Waals surface area (Å²) in [5, 5.41) is 3.29. The highest BCUT2D eigenvalue weighted by Gasteiger charge is 2.31. The van der Waals surface area contributed by atoms with E-state index in [-0.39, 0.29) is 17.4 Å². The molecule has 1 aliphatic heterocycles. The van der Waals surface area contributed by atoms with E-state index < -0.39 is 0 Å². The predicted molar refractivity (Wildman–Crippen MR) is 111 cm³/mol. The van der Waals surface area contributed by atoms with Crippen LogP contribution < -0.4 is 30.9 Å². The Balaban J connectivity index is 1.96. The molecule has 1 N–H and O–H groups in total. The number of aromatic nitrogens is 2. The molecule has 0 saturated carbocycles. The van der Waals surface area contributed by atoms with Crippen molar-refractivity contribution in [1.82, 2.24) is 9.13 Å². The van der Waals surface area contributed by atoms with Gasteiger partial charge in [0.05, 0.1) is 14.2 Å². The summed E-state index contributed by atoms with van der Waals surface area (Å²) >= 11 is 0. The van der Waals surface area contributed by atoms with Crippen molar-refractivity contribution in [2.24, 2.45) is 0 Å². The lowest BCUT2D eigenvalue weighted by Crippen LogP contribution is -2.41. The summed E-state index contributed by atoms with van der Waals surface area (Å²) in [5.41, 5.74) is 0.872. The summed E-state index contributed by atoms with van der Waals surface area (Å²) in [4.78, 5) is 27.2. The second-order valence-electron chi connectivity index (χ2n) is 6.45. The molecular formula is C20H26N4O4. The molecule has 1 aliphatic rings. The molecule has 8 nitrogen and oxygen atoms in total. The Morgan fingerprint density at radius 1 is 1.07 bits per heavy atom. The summed E-state index contributed by atoms with van der Waals surface area (Å²) in [7, 11) is 5.03. The Kier molecular flexibility index (Phi) is 5.48. The highest BCUT2D eigenvalue weighted by Crippen LogP contribution is 2.31. The van der Waals surface area contributed by atoms with E-state index in [2.05, 4.69) is 5.32 Å². The minimum absolute atomic E-state index is 0.249. The van der Waals surface area contributed by atoms with Gasteiger partial charge in [-0.15, -0.1) is 0 Å². The lowest BCUT2D eigenvalue weighted by atomic mass is 10.2. The van der Waals surface area contributed by atoms with Gasteiger partial charge in [0.2, 0.25) is 0 Å². The standard InChI is InChI=1S/C20H26N4O4/c1-6-23-18-17(19(25)24(7-2)20(23)26)22(3)16(21-18)11-9-13-8-10-14(27-4)15(12-13)28-5/h8-12,16,21H,6-7H2,1-5H3/b11-9+. The number of rotatable bonds is 6. The molecule has 0 bridgehead atoms. The third-order valence-corrected chi connectivity index (χ3v) is 4.97. The summed E-state index contributed by atoms with van der Waals surface area (Å²) in [6.07, 6.45) is 3.64. The monoisotopic (exact) mass is 386 g/mol. The van der Waals surface area contributed by atoms with E-state index >= 15 is 0 Å². The average Bonchev–Trinajstić information content (AvgIpc) is 3.03. The second-order valence-corrected chi connectivity index (χ2v) is 6.45. The van der Waals surface area contributed by atoms with Gasteiger partial charge in [-0.25, -0.2) is 4.79 Å². The van der Waals surface area contributed by atoms with Crippen LogP contribution in [0.3, 0.4) is 0 Å². The van der Waals surface area contributed by atoms with E-state index in [0.29, 0.717) is 36.1 Å². The first-order valence-electron chi connectivity index (χ1n) is 9.24. The molecule has 1 atom stereocenters. The zero-order chi connectivity index (χ0) is 20.4. The lowest BCUT2D eigenvalue weighted by Gasteiger charge is -2.18. The van der Waals surface area contributed by atoms with Crippen LogP contribution in [-0.4, -0.2) is 36.6 Å². The normalized spacial score (nSPS) is 15.6. The minimum atomic E-state index is -0.292. The highest BCUT2D eigenvalue weighted by molar-refractivity contribution is 5.73. The number of methoxy groups -OCH3 is 2. The summed E-state index contributed by atoms with van der Waals surface area (Å²) in [6.45, 7) is 4.51. The molecule has 0 radical (unpaired) electrons. The third-order valence-electron chi connectivity index (χ3n) is 4.97. The number of hydrogen-bond acceptors (Lipinski definition) is 6. The first-order chi connectivity index (χ1) is 13.5. The number of nitrogens with one attached hydrogen (secondary N) is 1. The first kappa shape index (κ1) is 19.6. The van der Waals surface area contributed by atoms with E-state index in [0.717, 1.165) is 5.56 Å². The van der Waals surface area contributed by atoms with Crippen LogP contribution in [0.4, 0.5) is 11.5 Å². The van der Waals surface area contributed by atoms with Crippen LogP contribution in [0.5, 0.6) is 11.5 Å². The highest BCUT2D eigenvalue weighted by atomic mass is 16.5. The number of hydrogen-bond donors (Lipinski definition) is 1. The molecule has 0 fully saturated rings. The molecule has 0 aliphatic carbocycles. The number of likely N-dealkylation sites (N-methyl/N-ethyl adjacent to an activating group) is 1. The van der Waals surface area contributed by atoms with Gasteiger partial charge in [-0.3, -0.25) is 13.9 Å². The third kappa shape index (κ3) is 3.15. The molecule has 0 amide bonds. The molecule has 8 heteroatoms. The molecule has 0 spiro atoms. The molecule has 1 unspecified atom stereocenters. The van der Waals surface area contributed by atoms with Gasteiger partial charge < -0.3 is 19.7 Å². The number of nitrogens with zero attached hydrogens (tertiary/aromatic N) is 3. The van der Waals surface area contributed by atoms with Crippen LogP contribution in [0.25, 0.3) is 6.08 Å². The van der Waals surface area contributed by atoms with E-state index in [9.17, 15) is 9.59 Å². The van der Waals surface area contributed by atoms with Gasteiger partial charge >= 0.3 is 5.69 Å². The Labute approximate surface area is 163 Å². The van der Waals surface area contributed by atoms with Gasteiger partial charge in [0, 0.05) is 20.1 Å². The van der Waals surface area contributed by atoms with Gasteiger partial charge in [-0.1, -0.05) is 12.1 Å². The molecule has 2 heterocycles. The summed E-state index contributed by atoms with van der Waals surface area (Å²) < 4.78 is 13.5. The van der Waals surface area contributed by atoms with Crippen LogP contribution >= 0.6 is 0 Å². The Morgan fingerprint density at radius 2 is 1.75 bits per heavy atom. The van der Waals surface area contributed by atoms with Crippen LogP contribution in [0.2, 0.25) is 0 Å². The molecule has 28 heavy (non-hydrogen) atoms. The molecule has 150 valence electrons. The molecule has 1 aromatic carbocycles. The summed E-state index contributed by atoms with van der Waals surface area (Å²) in [5.74, 6) is 1.87.